The highest BCUT2D eigenvalue weighted by atomic mass is 28.3. The SMILES string of the molecule is COCOc1cc(O)cc2cc([Si](C)(C)C)c(F)c(F)c12. The lowest BCUT2D eigenvalue weighted by molar-refractivity contribution is 0.0520. The number of benzene rings is 2. The van der Waals surface area contributed by atoms with Crippen LogP contribution in [-0.2, 0) is 4.74 Å². The first-order valence-electron chi connectivity index (χ1n) is 6.52. The Balaban J connectivity index is 2.77. The minimum absolute atomic E-state index is 0.0179. The Hall–Kier alpha value is -1.66. The molecule has 0 heterocycles. The molecule has 0 bridgehead atoms. The molecule has 2 aromatic rings. The highest BCUT2D eigenvalue weighted by Crippen LogP contribution is 2.33. The van der Waals surface area contributed by atoms with Gasteiger partial charge in [-0.15, -0.1) is 0 Å². The lowest BCUT2D eigenvalue weighted by Crippen LogP contribution is -2.40. The first kappa shape index (κ1) is 15.7. The Morgan fingerprint density at radius 1 is 1.10 bits per heavy atom. The third-order valence-electron chi connectivity index (χ3n) is 3.21. The summed E-state index contributed by atoms with van der Waals surface area (Å²) in [6.45, 7) is 5.68. The molecule has 0 aliphatic rings. The number of phenols is 1. The van der Waals surface area contributed by atoms with Gasteiger partial charge in [0.05, 0.1) is 13.5 Å². The molecular formula is C15H18F2O3Si. The standard InChI is InChI=1S/C15H18F2O3Si/c1-19-8-20-11-7-10(18)5-9-6-12(21(2,3)4)14(16)15(17)13(9)11/h5-7,18H,8H2,1-4H3. The molecule has 0 spiro atoms. The number of methoxy groups -OCH3 is 1. The van der Waals surface area contributed by atoms with Crippen molar-refractivity contribution in [1.29, 1.82) is 0 Å². The molecule has 0 amide bonds. The highest BCUT2D eigenvalue weighted by Gasteiger charge is 2.26. The van der Waals surface area contributed by atoms with E-state index in [2.05, 4.69) is 0 Å². The number of halogens is 2. The molecule has 2 rings (SSSR count). The van der Waals surface area contributed by atoms with Crippen LogP contribution in [0.5, 0.6) is 11.5 Å². The summed E-state index contributed by atoms with van der Waals surface area (Å²) in [7, 11) is -0.627. The molecule has 0 saturated carbocycles. The maximum atomic E-state index is 14.5. The molecule has 0 radical (unpaired) electrons. The van der Waals surface area contributed by atoms with Gasteiger partial charge < -0.3 is 14.6 Å². The predicted molar refractivity (Wildman–Crippen MR) is 81.0 cm³/mol. The van der Waals surface area contributed by atoms with E-state index in [4.69, 9.17) is 9.47 Å². The molecule has 0 atom stereocenters. The van der Waals surface area contributed by atoms with Crippen molar-refractivity contribution in [2.24, 2.45) is 0 Å². The fourth-order valence-corrected chi connectivity index (χ4v) is 3.56. The van der Waals surface area contributed by atoms with Crippen LogP contribution in [0.4, 0.5) is 8.78 Å². The van der Waals surface area contributed by atoms with E-state index >= 15 is 0 Å². The minimum Gasteiger partial charge on any atom is -0.508 e. The second-order valence-electron chi connectivity index (χ2n) is 5.89. The summed E-state index contributed by atoms with van der Waals surface area (Å²) in [4.78, 5) is 0. The maximum absolute atomic E-state index is 14.5. The number of aromatic hydroxyl groups is 1. The van der Waals surface area contributed by atoms with Crippen molar-refractivity contribution in [2.75, 3.05) is 13.9 Å². The van der Waals surface area contributed by atoms with Gasteiger partial charge in [0.15, 0.2) is 18.4 Å². The van der Waals surface area contributed by atoms with Gasteiger partial charge >= 0.3 is 0 Å². The summed E-state index contributed by atoms with van der Waals surface area (Å²) in [5.41, 5.74) is 0. The zero-order chi connectivity index (χ0) is 15.8. The average Bonchev–Trinajstić information content (AvgIpc) is 2.38. The molecule has 114 valence electrons. The van der Waals surface area contributed by atoms with E-state index in [-0.39, 0.29) is 23.7 Å². The monoisotopic (exact) mass is 312 g/mol. The molecule has 6 heteroatoms. The molecule has 2 aromatic carbocycles. The van der Waals surface area contributed by atoms with E-state index in [1.54, 1.807) is 6.07 Å². The number of hydrogen-bond donors (Lipinski definition) is 1. The van der Waals surface area contributed by atoms with Gasteiger partial charge in [-0.25, -0.2) is 8.78 Å². The van der Waals surface area contributed by atoms with Crippen molar-refractivity contribution in [1.82, 2.24) is 0 Å². The predicted octanol–water partition coefficient (Wildman–Crippen LogP) is 3.35. The van der Waals surface area contributed by atoms with Crippen molar-refractivity contribution in [3.05, 3.63) is 29.8 Å². The van der Waals surface area contributed by atoms with Gasteiger partial charge in [0.25, 0.3) is 0 Å². The minimum atomic E-state index is -2.05. The lowest BCUT2D eigenvalue weighted by Gasteiger charge is -2.20. The molecule has 21 heavy (non-hydrogen) atoms. The topological polar surface area (TPSA) is 38.7 Å². The van der Waals surface area contributed by atoms with E-state index in [0.29, 0.717) is 10.6 Å². The Morgan fingerprint density at radius 2 is 1.76 bits per heavy atom. The number of hydrogen-bond acceptors (Lipinski definition) is 3. The highest BCUT2D eigenvalue weighted by molar-refractivity contribution is 6.88. The zero-order valence-electron chi connectivity index (χ0n) is 12.5. The normalized spacial score (nSPS) is 11.9. The van der Waals surface area contributed by atoms with Crippen LogP contribution in [-0.4, -0.2) is 27.1 Å². The fraction of sp³-hybridized carbons (Fsp3) is 0.333. The van der Waals surface area contributed by atoms with E-state index in [1.165, 1.54) is 19.2 Å². The lowest BCUT2D eigenvalue weighted by atomic mass is 10.1. The van der Waals surface area contributed by atoms with E-state index < -0.39 is 19.7 Å². The summed E-state index contributed by atoms with van der Waals surface area (Å²) < 4.78 is 38.8. The van der Waals surface area contributed by atoms with Gasteiger partial charge in [-0.05, 0) is 16.6 Å². The third-order valence-corrected chi connectivity index (χ3v) is 5.19. The van der Waals surface area contributed by atoms with Gasteiger partial charge in [-0.1, -0.05) is 25.7 Å². The van der Waals surface area contributed by atoms with Crippen LogP contribution in [0.25, 0.3) is 10.8 Å². The summed E-state index contributed by atoms with van der Waals surface area (Å²) in [5.74, 6) is -1.79. The first-order valence-corrected chi connectivity index (χ1v) is 10.0. The smallest absolute Gasteiger partial charge is 0.188 e. The number of ether oxygens (including phenoxy) is 2. The molecular weight excluding hydrogens is 294 g/mol. The Bertz CT molecular complexity index is 681. The van der Waals surface area contributed by atoms with Gasteiger partial charge in [-0.3, -0.25) is 0 Å². The van der Waals surface area contributed by atoms with Crippen LogP contribution >= 0.6 is 0 Å². The van der Waals surface area contributed by atoms with Gasteiger partial charge in [0.2, 0.25) is 0 Å². The second-order valence-corrected chi connectivity index (χ2v) is 10.9. The molecule has 0 aromatic heterocycles. The second kappa shape index (κ2) is 5.61. The van der Waals surface area contributed by atoms with Gasteiger partial charge in [0.1, 0.15) is 11.5 Å². The number of phenolic OH excluding ortho intramolecular Hbond substituents is 1. The maximum Gasteiger partial charge on any atom is 0.188 e. The molecule has 0 aliphatic carbocycles. The van der Waals surface area contributed by atoms with E-state index in [9.17, 15) is 13.9 Å². The zero-order valence-corrected chi connectivity index (χ0v) is 13.5. The average molecular weight is 312 g/mol. The number of fused-ring (bicyclic) bond motifs is 1. The molecule has 0 saturated heterocycles. The third kappa shape index (κ3) is 3.01. The van der Waals surface area contributed by atoms with Crippen LogP contribution in [0, 0.1) is 11.6 Å². The fourth-order valence-electron chi connectivity index (χ4n) is 2.20. The molecule has 1 N–H and O–H groups in total. The van der Waals surface area contributed by atoms with Crippen LogP contribution in [0.15, 0.2) is 18.2 Å². The molecule has 3 nitrogen and oxygen atoms in total. The van der Waals surface area contributed by atoms with Crippen molar-refractivity contribution in [3.8, 4) is 11.5 Å². The van der Waals surface area contributed by atoms with Crippen LogP contribution in [0.1, 0.15) is 0 Å². The number of rotatable bonds is 4. The summed E-state index contributed by atoms with van der Waals surface area (Å²) >= 11 is 0. The van der Waals surface area contributed by atoms with Gasteiger partial charge in [0, 0.05) is 13.2 Å². The molecule has 0 aliphatic heterocycles. The van der Waals surface area contributed by atoms with E-state index in [0.717, 1.165) is 0 Å². The molecule has 0 fully saturated rings. The van der Waals surface area contributed by atoms with Crippen molar-refractivity contribution in [3.63, 3.8) is 0 Å². The largest absolute Gasteiger partial charge is 0.508 e. The van der Waals surface area contributed by atoms with Crippen molar-refractivity contribution in [2.45, 2.75) is 19.6 Å². The Kier molecular flexibility index (Phi) is 4.20. The van der Waals surface area contributed by atoms with Crippen LogP contribution in [0.2, 0.25) is 19.6 Å². The quantitative estimate of drug-likeness (QED) is 0.695. The summed E-state index contributed by atoms with van der Waals surface area (Å²) in [6.07, 6.45) is 0. The van der Waals surface area contributed by atoms with Crippen LogP contribution in [0.3, 0.4) is 0 Å². The van der Waals surface area contributed by atoms with Crippen molar-refractivity contribution >= 4 is 24.0 Å². The Labute approximate surface area is 123 Å². The first-order chi connectivity index (χ1) is 9.75. The van der Waals surface area contributed by atoms with E-state index in [1.807, 2.05) is 19.6 Å². The van der Waals surface area contributed by atoms with Gasteiger partial charge in [-0.2, -0.15) is 0 Å². The Morgan fingerprint density at radius 3 is 2.33 bits per heavy atom. The van der Waals surface area contributed by atoms with Crippen molar-refractivity contribution < 1.29 is 23.4 Å². The van der Waals surface area contributed by atoms with Crippen LogP contribution < -0.4 is 9.92 Å². The summed E-state index contributed by atoms with van der Waals surface area (Å²) in [5, 5.41) is 10.6. The molecule has 0 unspecified atom stereocenters. The summed E-state index contributed by atoms with van der Waals surface area (Å²) in [6, 6.07) is 4.25.